The van der Waals surface area contributed by atoms with Gasteiger partial charge in [-0.15, -0.1) is 12.4 Å². The third-order valence-electron chi connectivity index (χ3n) is 5.73. The van der Waals surface area contributed by atoms with Crippen LogP contribution in [0.5, 0.6) is 0 Å². The maximum Gasteiger partial charge on any atom is 0.260 e. The molecule has 0 aliphatic carbocycles. The quantitative estimate of drug-likeness (QED) is 0.394. The van der Waals surface area contributed by atoms with E-state index >= 15 is 0 Å². The molecule has 2 heterocycles. The Balaban J connectivity index is 0.00000380. The second-order valence-corrected chi connectivity index (χ2v) is 13.7. The number of anilines is 1. The molecule has 3 aromatic rings. The average Bonchev–Trinajstić information content (AvgIpc) is 3.27. The third-order valence-corrected chi connectivity index (χ3v) is 9.80. The number of ether oxygens (including phenoxy) is 1. The highest BCUT2D eigenvalue weighted by molar-refractivity contribution is 7.90. The molecule has 14 heteroatoms. The number of likely N-dealkylation sites (N-methyl/N-ethyl adjacent to an activating group) is 1. The minimum absolute atomic E-state index is 0. The van der Waals surface area contributed by atoms with E-state index in [-0.39, 0.29) is 28.1 Å². The monoisotopic (exact) mass is 588 g/mol. The van der Waals surface area contributed by atoms with Gasteiger partial charge in [0.15, 0.2) is 15.0 Å². The van der Waals surface area contributed by atoms with Crippen LogP contribution in [0.25, 0.3) is 10.2 Å². The summed E-state index contributed by atoms with van der Waals surface area (Å²) < 4.78 is 57.0. The standard InChI is InChI=1S/C23H28N4O6S3.ClH/c1-25(2)10-11-27(23-24-20-9-8-19(35(3,29)30)16-21(20)34-23)22(28)17-4-6-18(7-5-17)36(31,32)26-12-14-33-15-13-26;/h4-9,16H,10-15H2,1-3H3;1H. The molecule has 0 unspecified atom stereocenters. The molecule has 10 nitrogen and oxygen atoms in total. The van der Waals surface area contributed by atoms with Crippen LogP contribution < -0.4 is 4.90 Å². The molecule has 4 rings (SSSR count). The molecule has 0 bridgehead atoms. The number of halogens is 1. The molecular weight excluding hydrogens is 560 g/mol. The SMILES string of the molecule is CN(C)CCN(C(=O)c1ccc(S(=O)(=O)N2CCOCC2)cc1)c1nc2ccc(S(C)(=O)=O)cc2s1.Cl. The summed E-state index contributed by atoms with van der Waals surface area (Å²) in [6, 6.07) is 10.6. The van der Waals surface area contributed by atoms with Crippen LogP contribution in [0.4, 0.5) is 5.13 Å². The topological polar surface area (TPSA) is 117 Å². The van der Waals surface area contributed by atoms with Gasteiger partial charge in [-0.2, -0.15) is 4.31 Å². The number of hydrogen-bond donors (Lipinski definition) is 0. The number of hydrogen-bond acceptors (Lipinski definition) is 9. The molecule has 0 atom stereocenters. The molecule has 1 aliphatic rings. The van der Waals surface area contributed by atoms with Gasteiger partial charge in [-0.05, 0) is 56.6 Å². The van der Waals surface area contributed by atoms with Gasteiger partial charge < -0.3 is 9.64 Å². The number of nitrogens with zero attached hydrogens (tertiary/aromatic N) is 4. The summed E-state index contributed by atoms with van der Waals surface area (Å²) in [6.45, 7) is 2.20. The van der Waals surface area contributed by atoms with Crippen molar-refractivity contribution in [2.45, 2.75) is 9.79 Å². The van der Waals surface area contributed by atoms with E-state index in [2.05, 4.69) is 4.98 Å². The zero-order valence-electron chi connectivity index (χ0n) is 20.7. The fourth-order valence-electron chi connectivity index (χ4n) is 3.68. The van der Waals surface area contributed by atoms with E-state index in [1.807, 2.05) is 19.0 Å². The summed E-state index contributed by atoms with van der Waals surface area (Å²) in [5.74, 6) is -0.324. The molecule has 0 saturated carbocycles. The zero-order chi connectivity index (χ0) is 26.1. The highest BCUT2D eigenvalue weighted by Gasteiger charge is 2.27. The lowest BCUT2D eigenvalue weighted by atomic mass is 10.2. The Kier molecular flexibility index (Phi) is 9.32. The van der Waals surface area contributed by atoms with Gasteiger partial charge in [-0.3, -0.25) is 9.69 Å². The lowest BCUT2D eigenvalue weighted by Crippen LogP contribution is -2.40. The number of benzene rings is 2. The van der Waals surface area contributed by atoms with E-state index in [0.717, 1.165) is 6.26 Å². The molecule has 0 N–H and O–H groups in total. The molecule has 1 fully saturated rings. The van der Waals surface area contributed by atoms with Gasteiger partial charge in [0.1, 0.15) is 0 Å². The number of carbonyl (C=O) groups is 1. The first kappa shape index (κ1) is 29.4. The van der Waals surface area contributed by atoms with E-state index < -0.39 is 19.9 Å². The number of thiazole rings is 1. The van der Waals surface area contributed by atoms with Crippen molar-refractivity contribution in [3.63, 3.8) is 0 Å². The van der Waals surface area contributed by atoms with Crippen LogP contribution in [-0.4, -0.2) is 96.7 Å². The normalized spacial score (nSPS) is 15.0. The van der Waals surface area contributed by atoms with E-state index in [0.29, 0.717) is 60.3 Å². The van der Waals surface area contributed by atoms with Crippen LogP contribution in [-0.2, 0) is 24.6 Å². The van der Waals surface area contributed by atoms with Crippen LogP contribution in [0.15, 0.2) is 52.3 Å². The first-order valence-corrected chi connectivity index (χ1v) is 15.4. The molecule has 37 heavy (non-hydrogen) atoms. The summed E-state index contributed by atoms with van der Waals surface area (Å²) in [5, 5.41) is 0.438. The number of morpholine rings is 1. The van der Waals surface area contributed by atoms with Crippen molar-refractivity contribution >= 4 is 64.9 Å². The summed E-state index contributed by atoms with van der Waals surface area (Å²) >= 11 is 1.23. The predicted octanol–water partition coefficient (Wildman–Crippen LogP) is 2.35. The number of sulfone groups is 1. The van der Waals surface area contributed by atoms with Crippen molar-refractivity contribution in [2.24, 2.45) is 0 Å². The second-order valence-electron chi connectivity index (χ2n) is 8.70. The fourth-order valence-corrected chi connectivity index (χ4v) is 6.84. The molecule has 202 valence electrons. The Bertz CT molecular complexity index is 1470. The Morgan fingerprint density at radius 3 is 2.22 bits per heavy atom. The number of fused-ring (bicyclic) bond motifs is 1. The molecule has 1 saturated heterocycles. The van der Waals surface area contributed by atoms with Crippen molar-refractivity contribution in [1.82, 2.24) is 14.2 Å². The molecule has 0 spiro atoms. The molecule has 2 aromatic carbocycles. The minimum Gasteiger partial charge on any atom is -0.379 e. The van der Waals surface area contributed by atoms with E-state index in [1.54, 1.807) is 12.1 Å². The van der Waals surface area contributed by atoms with Crippen molar-refractivity contribution in [2.75, 3.05) is 64.6 Å². The summed E-state index contributed by atoms with van der Waals surface area (Å²) in [4.78, 5) is 21.9. The Labute approximate surface area is 227 Å². The van der Waals surface area contributed by atoms with E-state index in [1.165, 1.54) is 50.9 Å². The van der Waals surface area contributed by atoms with Crippen LogP contribution in [0, 0.1) is 0 Å². The first-order chi connectivity index (χ1) is 17.0. The molecular formula is C23H29ClN4O6S3. The Morgan fingerprint density at radius 1 is 1.00 bits per heavy atom. The van der Waals surface area contributed by atoms with Crippen molar-refractivity contribution < 1.29 is 26.4 Å². The third kappa shape index (κ3) is 6.66. The summed E-state index contributed by atoms with van der Waals surface area (Å²) in [7, 11) is -3.26. The van der Waals surface area contributed by atoms with Gasteiger partial charge in [-0.1, -0.05) is 11.3 Å². The maximum atomic E-state index is 13.5. The number of rotatable bonds is 8. The van der Waals surface area contributed by atoms with Gasteiger partial charge in [0, 0.05) is 38.0 Å². The van der Waals surface area contributed by atoms with Crippen molar-refractivity contribution in [3.8, 4) is 0 Å². The second kappa shape index (κ2) is 11.7. The molecule has 1 aliphatic heterocycles. The highest BCUT2D eigenvalue weighted by Crippen LogP contribution is 2.31. The summed E-state index contributed by atoms with van der Waals surface area (Å²) in [5.41, 5.74) is 0.919. The molecule has 1 aromatic heterocycles. The van der Waals surface area contributed by atoms with Gasteiger partial charge in [0.2, 0.25) is 10.0 Å². The smallest absolute Gasteiger partial charge is 0.260 e. The van der Waals surface area contributed by atoms with Gasteiger partial charge in [0.25, 0.3) is 5.91 Å². The lowest BCUT2D eigenvalue weighted by molar-refractivity contribution is 0.0730. The van der Waals surface area contributed by atoms with Crippen molar-refractivity contribution in [3.05, 3.63) is 48.0 Å². The largest absolute Gasteiger partial charge is 0.379 e. The van der Waals surface area contributed by atoms with E-state index in [9.17, 15) is 21.6 Å². The Morgan fingerprint density at radius 2 is 1.62 bits per heavy atom. The minimum atomic E-state index is -3.67. The Hall–Kier alpha value is -2.13. The average molecular weight is 589 g/mol. The van der Waals surface area contributed by atoms with Crippen molar-refractivity contribution in [1.29, 1.82) is 0 Å². The van der Waals surface area contributed by atoms with Crippen LogP contribution in [0.1, 0.15) is 10.4 Å². The highest BCUT2D eigenvalue weighted by atomic mass is 35.5. The van der Waals surface area contributed by atoms with Gasteiger partial charge >= 0.3 is 0 Å². The van der Waals surface area contributed by atoms with E-state index in [4.69, 9.17) is 4.74 Å². The number of sulfonamides is 1. The van der Waals surface area contributed by atoms with Crippen LogP contribution >= 0.6 is 23.7 Å². The van der Waals surface area contributed by atoms with Gasteiger partial charge in [-0.25, -0.2) is 21.8 Å². The fraction of sp³-hybridized carbons (Fsp3) is 0.391. The predicted molar refractivity (Wildman–Crippen MR) is 146 cm³/mol. The number of carbonyl (C=O) groups excluding carboxylic acids is 1. The lowest BCUT2D eigenvalue weighted by Gasteiger charge is -2.26. The van der Waals surface area contributed by atoms with Crippen LogP contribution in [0.2, 0.25) is 0 Å². The summed E-state index contributed by atoms with van der Waals surface area (Å²) in [6.07, 6.45) is 1.14. The number of amides is 1. The van der Waals surface area contributed by atoms with Gasteiger partial charge in [0.05, 0.1) is 33.2 Å². The van der Waals surface area contributed by atoms with Crippen LogP contribution in [0.3, 0.4) is 0 Å². The number of aromatic nitrogens is 1. The maximum absolute atomic E-state index is 13.5. The molecule has 0 radical (unpaired) electrons. The molecule has 1 amide bonds. The first-order valence-electron chi connectivity index (χ1n) is 11.2. The zero-order valence-corrected chi connectivity index (χ0v) is 23.9.